The average Bonchev–Trinajstić information content (AvgIpc) is 2.72. The van der Waals surface area contributed by atoms with E-state index in [-0.39, 0.29) is 17.6 Å². The number of likely N-dealkylation sites (tertiary alicyclic amines) is 1. The van der Waals surface area contributed by atoms with Gasteiger partial charge in [-0.1, -0.05) is 24.3 Å². The standard InChI is InChI=1S/C22H26FN3O2/c23-18-6-2-1-5-17(18)13-22(14-24-15-22)21(28)26-11-8-16(9-12-26)20(27)19-7-3-4-10-25-19/h1-7,10,16,20,24,27H,8-9,11-15H2. The summed E-state index contributed by atoms with van der Waals surface area (Å²) in [6, 6.07) is 12.2. The fraction of sp³-hybridized carbons (Fsp3) is 0.455. The largest absolute Gasteiger partial charge is 0.387 e. The zero-order valence-electron chi connectivity index (χ0n) is 15.9. The van der Waals surface area contributed by atoms with Crippen molar-refractivity contribution in [2.24, 2.45) is 11.3 Å². The number of nitrogens with one attached hydrogen (secondary N) is 1. The van der Waals surface area contributed by atoms with Gasteiger partial charge in [-0.15, -0.1) is 0 Å². The van der Waals surface area contributed by atoms with Gasteiger partial charge in [-0.2, -0.15) is 0 Å². The number of rotatable bonds is 5. The van der Waals surface area contributed by atoms with Gasteiger partial charge in [0.25, 0.3) is 0 Å². The van der Waals surface area contributed by atoms with Gasteiger partial charge in [-0.05, 0) is 48.9 Å². The molecule has 5 nitrogen and oxygen atoms in total. The molecule has 2 saturated heterocycles. The Hall–Kier alpha value is -2.31. The molecular formula is C22H26FN3O2. The number of carbonyl (C=O) groups is 1. The molecule has 1 atom stereocenters. The number of nitrogens with zero attached hydrogens (tertiary/aromatic N) is 2. The van der Waals surface area contributed by atoms with Crippen molar-refractivity contribution in [3.8, 4) is 0 Å². The Kier molecular flexibility index (Phi) is 5.42. The summed E-state index contributed by atoms with van der Waals surface area (Å²) in [5, 5.41) is 13.8. The van der Waals surface area contributed by atoms with Crippen molar-refractivity contribution in [1.29, 1.82) is 0 Å². The maximum absolute atomic E-state index is 14.1. The van der Waals surface area contributed by atoms with E-state index in [1.165, 1.54) is 6.07 Å². The molecule has 2 aliphatic rings. The van der Waals surface area contributed by atoms with E-state index in [0.717, 1.165) is 12.8 Å². The molecule has 0 radical (unpaired) electrons. The second-order valence-corrected chi connectivity index (χ2v) is 7.98. The summed E-state index contributed by atoms with van der Waals surface area (Å²) in [4.78, 5) is 19.4. The smallest absolute Gasteiger partial charge is 0.231 e. The van der Waals surface area contributed by atoms with E-state index < -0.39 is 11.5 Å². The summed E-state index contributed by atoms with van der Waals surface area (Å²) in [5.41, 5.74) is 0.721. The van der Waals surface area contributed by atoms with E-state index in [1.807, 2.05) is 29.2 Å². The molecule has 6 heteroatoms. The van der Waals surface area contributed by atoms with Crippen LogP contribution in [0.15, 0.2) is 48.7 Å². The van der Waals surface area contributed by atoms with E-state index in [1.54, 1.807) is 18.3 Å². The van der Waals surface area contributed by atoms with E-state index in [2.05, 4.69) is 10.3 Å². The van der Waals surface area contributed by atoms with Crippen LogP contribution >= 0.6 is 0 Å². The predicted octanol–water partition coefficient (Wildman–Crippen LogP) is 2.33. The number of piperidine rings is 1. The highest BCUT2D eigenvalue weighted by Gasteiger charge is 2.47. The van der Waals surface area contributed by atoms with E-state index >= 15 is 0 Å². The number of hydrogen-bond donors (Lipinski definition) is 2. The summed E-state index contributed by atoms with van der Waals surface area (Å²) < 4.78 is 14.1. The number of aliphatic hydroxyl groups is 1. The quantitative estimate of drug-likeness (QED) is 0.832. The van der Waals surface area contributed by atoms with Crippen LogP contribution in [0.2, 0.25) is 0 Å². The molecule has 0 aliphatic carbocycles. The second kappa shape index (κ2) is 7.97. The SMILES string of the molecule is O=C(N1CCC(C(O)c2ccccn2)CC1)C1(Cc2ccccc2F)CNC1. The second-order valence-electron chi connectivity index (χ2n) is 7.98. The Balaban J connectivity index is 1.40. The average molecular weight is 383 g/mol. The first-order valence-electron chi connectivity index (χ1n) is 9.92. The molecule has 1 amide bonds. The topological polar surface area (TPSA) is 65.5 Å². The van der Waals surface area contributed by atoms with Crippen LogP contribution in [0.1, 0.15) is 30.2 Å². The van der Waals surface area contributed by atoms with Crippen LogP contribution in [0.4, 0.5) is 4.39 Å². The number of amides is 1. The molecular weight excluding hydrogens is 357 g/mol. The molecule has 2 fully saturated rings. The molecule has 1 aromatic carbocycles. The van der Waals surface area contributed by atoms with Gasteiger partial charge in [-0.25, -0.2) is 4.39 Å². The van der Waals surface area contributed by atoms with Crippen LogP contribution in [0.3, 0.4) is 0 Å². The lowest BCUT2D eigenvalue weighted by Crippen LogP contribution is -2.64. The van der Waals surface area contributed by atoms with E-state index in [9.17, 15) is 14.3 Å². The first kappa shape index (κ1) is 19.0. The summed E-state index contributed by atoms with van der Waals surface area (Å²) in [6.45, 7) is 2.39. The molecule has 3 heterocycles. The van der Waals surface area contributed by atoms with Crippen LogP contribution in [0.25, 0.3) is 0 Å². The lowest BCUT2D eigenvalue weighted by atomic mass is 9.74. The van der Waals surface area contributed by atoms with Crippen molar-refractivity contribution >= 4 is 5.91 Å². The Morgan fingerprint density at radius 2 is 1.93 bits per heavy atom. The van der Waals surface area contributed by atoms with Crippen LogP contribution < -0.4 is 5.32 Å². The third-order valence-corrected chi connectivity index (χ3v) is 6.13. The van der Waals surface area contributed by atoms with Crippen molar-refractivity contribution in [3.05, 3.63) is 65.7 Å². The Morgan fingerprint density at radius 1 is 1.21 bits per heavy atom. The molecule has 4 rings (SSSR count). The molecule has 1 unspecified atom stereocenters. The third kappa shape index (κ3) is 3.66. The highest BCUT2D eigenvalue weighted by molar-refractivity contribution is 5.85. The highest BCUT2D eigenvalue weighted by Crippen LogP contribution is 2.35. The molecule has 148 valence electrons. The van der Waals surface area contributed by atoms with Gasteiger partial charge in [0.2, 0.25) is 5.91 Å². The minimum atomic E-state index is -0.601. The predicted molar refractivity (Wildman–Crippen MR) is 104 cm³/mol. The van der Waals surface area contributed by atoms with Crippen molar-refractivity contribution in [3.63, 3.8) is 0 Å². The molecule has 2 aliphatic heterocycles. The minimum absolute atomic E-state index is 0.0975. The van der Waals surface area contributed by atoms with Gasteiger partial charge >= 0.3 is 0 Å². The lowest BCUT2D eigenvalue weighted by molar-refractivity contribution is -0.147. The monoisotopic (exact) mass is 383 g/mol. The zero-order valence-corrected chi connectivity index (χ0v) is 15.9. The molecule has 0 spiro atoms. The first-order valence-corrected chi connectivity index (χ1v) is 9.92. The van der Waals surface area contributed by atoms with Gasteiger partial charge in [0, 0.05) is 32.4 Å². The number of halogens is 1. The Morgan fingerprint density at radius 3 is 2.54 bits per heavy atom. The number of carbonyl (C=O) groups excluding carboxylic acids is 1. The van der Waals surface area contributed by atoms with Gasteiger partial charge in [0.1, 0.15) is 5.82 Å². The third-order valence-electron chi connectivity index (χ3n) is 6.13. The van der Waals surface area contributed by atoms with Crippen LogP contribution in [0.5, 0.6) is 0 Å². The number of hydrogen-bond acceptors (Lipinski definition) is 4. The minimum Gasteiger partial charge on any atom is -0.387 e. The van der Waals surface area contributed by atoms with Crippen molar-refractivity contribution < 1.29 is 14.3 Å². The molecule has 2 N–H and O–H groups in total. The van der Waals surface area contributed by atoms with Crippen LogP contribution in [-0.4, -0.2) is 47.1 Å². The van der Waals surface area contributed by atoms with Crippen LogP contribution in [-0.2, 0) is 11.2 Å². The molecule has 2 aromatic rings. The molecule has 28 heavy (non-hydrogen) atoms. The highest BCUT2D eigenvalue weighted by atomic mass is 19.1. The fourth-order valence-corrected chi connectivity index (χ4v) is 4.33. The molecule has 1 aromatic heterocycles. The fourth-order valence-electron chi connectivity index (χ4n) is 4.33. The van der Waals surface area contributed by atoms with Gasteiger partial charge in [0.05, 0.1) is 17.2 Å². The first-order chi connectivity index (χ1) is 13.6. The Bertz CT molecular complexity index is 818. The maximum Gasteiger partial charge on any atom is 0.231 e. The summed E-state index contributed by atoms with van der Waals surface area (Å²) in [5.74, 6) is -0.0555. The number of benzene rings is 1. The van der Waals surface area contributed by atoms with Gasteiger partial charge in [-0.3, -0.25) is 9.78 Å². The molecule has 0 bridgehead atoms. The lowest BCUT2D eigenvalue weighted by Gasteiger charge is -2.46. The van der Waals surface area contributed by atoms with Crippen molar-refractivity contribution in [1.82, 2.24) is 15.2 Å². The van der Waals surface area contributed by atoms with E-state index in [4.69, 9.17) is 0 Å². The summed E-state index contributed by atoms with van der Waals surface area (Å²) >= 11 is 0. The number of aliphatic hydroxyl groups excluding tert-OH is 1. The summed E-state index contributed by atoms with van der Waals surface area (Å²) in [6.07, 6.45) is 2.99. The number of aromatic nitrogens is 1. The normalized spacial score (nSPS) is 20.4. The Labute approximate surface area is 164 Å². The van der Waals surface area contributed by atoms with E-state index in [0.29, 0.717) is 43.9 Å². The van der Waals surface area contributed by atoms with Crippen molar-refractivity contribution in [2.75, 3.05) is 26.2 Å². The maximum atomic E-state index is 14.1. The van der Waals surface area contributed by atoms with Gasteiger partial charge in [0.15, 0.2) is 0 Å². The van der Waals surface area contributed by atoms with Crippen molar-refractivity contribution in [2.45, 2.75) is 25.4 Å². The van der Waals surface area contributed by atoms with Gasteiger partial charge < -0.3 is 15.3 Å². The summed E-state index contributed by atoms with van der Waals surface area (Å²) in [7, 11) is 0. The van der Waals surface area contributed by atoms with Crippen LogP contribution in [0, 0.1) is 17.2 Å². The molecule has 0 saturated carbocycles. The zero-order chi connectivity index (χ0) is 19.6. The number of pyridine rings is 1.